The van der Waals surface area contributed by atoms with Crippen LogP contribution in [0.25, 0.3) is 0 Å². The number of aliphatic hydroxyl groups is 1. The summed E-state index contributed by atoms with van der Waals surface area (Å²) < 4.78 is 16.5. The fourth-order valence-corrected chi connectivity index (χ4v) is 5.59. The van der Waals surface area contributed by atoms with E-state index in [2.05, 4.69) is 9.88 Å². The lowest BCUT2D eigenvalue weighted by atomic mass is 9.94. The van der Waals surface area contributed by atoms with Crippen molar-refractivity contribution in [3.05, 3.63) is 50.7 Å². The van der Waals surface area contributed by atoms with E-state index in [1.807, 2.05) is 6.92 Å². The first kappa shape index (κ1) is 25.2. The van der Waals surface area contributed by atoms with Gasteiger partial charge in [-0.25, -0.2) is 4.98 Å². The molecule has 0 spiro atoms. The Bertz CT molecular complexity index is 1140. The van der Waals surface area contributed by atoms with Gasteiger partial charge in [0.05, 0.1) is 54.6 Å². The molecule has 1 atom stereocenters. The second-order valence-electron chi connectivity index (χ2n) is 8.53. The normalized spacial score (nSPS) is 18.9. The van der Waals surface area contributed by atoms with E-state index in [4.69, 9.17) is 14.2 Å². The minimum atomic E-state index is -0.813. The maximum Gasteiger partial charge on any atom is 0.290 e. The van der Waals surface area contributed by atoms with E-state index in [1.54, 1.807) is 30.0 Å². The molecule has 1 aromatic heterocycles. The number of Topliss-reactive ketones (excluding diaryl/α,β-unsaturated/α-hetero) is 1. The number of ether oxygens (including phenoxy) is 3. The van der Waals surface area contributed by atoms with Crippen LogP contribution < -0.4 is 9.47 Å². The van der Waals surface area contributed by atoms with Gasteiger partial charge in [0, 0.05) is 31.7 Å². The van der Waals surface area contributed by atoms with Crippen molar-refractivity contribution < 1.29 is 28.9 Å². The average Bonchev–Trinajstić information content (AvgIpc) is 3.33. The number of aliphatic hydroxyl groups excluding tert-OH is 1. The van der Waals surface area contributed by atoms with Crippen LogP contribution in [0.15, 0.2) is 29.5 Å². The highest BCUT2D eigenvalue weighted by Crippen LogP contribution is 2.45. The smallest absolute Gasteiger partial charge is 0.290 e. The van der Waals surface area contributed by atoms with Gasteiger partial charge >= 0.3 is 0 Å². The predicted molar refractivity (Wildman–Crippen MR) is 131 cm³/mol. The van der Waals surface area contributed by atoms with Crippen LogP contribution in [0.4, 0.5) is 0 Å². The number of carbonyl (C=O) groups excluding carboxylic acids is 2. The van der Waals surface area contributed by atoms with Crippen LogP contribution in [-0.2, 0) is 9.53 Å². The van der Waals surface area contributed by atoms with Crippen molar-refractivity contribution in [3.8, 4) is 11.5 Å². The highest BCUT2D eigenvalue weighted by atomic mass is 32.1. The molecule has 2 aliphatic heterocycles. The van der Waals surface area contributed by atoms with E-state index >= 15 is 0 Å². The Morgan fingerprint density at radius 2 is 1.94 bits per heavy atom. The maximum atomic E-state index is 13.7. The number of aryl methyl sites for hydroxylation is 2. The van der Waals surface area contributed by atoms with E-state index in [0.29, 0.717) is 53.8 Å². The summed E-state index contributed by atoms with van der Waals surface area (Å²) in [5, 5.41) is 11.7. The zero-order valence-electron chi connectivity index (χ0n) is 20.5. The summed E-state index contributed by atoms with van der Waals surface area (Å²) in [5.74, 6) is -0.591. The molecule has 0 radical (unpaired) electrons. The van der Waals surface area contributed by atoms with Crippen molar-refractivity contribution in [2.24, 2.45) is 0 Å². The standard InChI is InChI=1S/C25H31N3O6S/c1-15-24(35-16(2)26-15)21(29)19-20(17-7-5-8-18(32-3)23(17)33-4)28(25(31)22(19)30)10-6-9-27-11-13-34-14-12-27/h5,7-8,20,30H,6,9-14H2,1-4H3/t20-/m0/s1. The maximum absolute atomic E-state index is 13.7. The Labute approximate surface area is 208 Å². The fourth-order valence-electron chi connectivity index (χ4n) is 4.72. The zero-order chi connectivity index (χ0) is 25.1. The van der Waals surface area contributed by atoms with E-state index < -0.39 is 23.5 Å². The molecule has 1 fully saturated rings. The monoisotopic (exact) mass is 501 g/mol. The number of aromatic nitrogens is 1. The molecular weight excluding hydrogens is 470 g/mol. The van der Waals surface area contributed by atoms with Crippen molar-refractivity contribution in [1.82, 2.24) is 14.8 Å². The zero-order valence-corrected chi connectivity index (χ0v) is 21.3. The van der Waals surface area contributed by atoms with Gasteiger partial charge in [-0.05, 0) is 26.3 Å². The number of methoxy groups -OCH3 is 2. The third-order valence-corrected chi connectivity index (χ3v) is 7.43. The molecule has 0 unspecified atom stereocenters. The Morgan fingerprint density at radius 1 is 1.20 bits per heavy atom. The number of amides is 1. The second kappa shape index (κ2) is 10.8. The summed E-state index contributed by atoms with van der Waals surface area (Å²) in [6.07, 6.45) is 0.683. The Kier molecular flexibility index (Phi) is 7.73. The summed E-state index contributed by atoms with van der Waals surface area (Å²) in [6.45, 7) is 7.81. The number of hydrogen-bond acceptors (Lipinski definition) is 9. The predicted octanol–water partition coefficient (Wildman–Crippen LogP) is 3.08. The van der Waals surface area contributed by atoms with Gasteiger partial charge in [-0.3, -0.25) is 14.5 Å². The molecule has 1 aromatic carbocycles. The highest BCUT2D eigenvalue weighted by Gasteiger charge is 2.45. The number of morpholine rings is 1. The second-order valence-corrected chi connectivity index (χ2v) is 9.73. The van der Waals surface area contributed by atoms with Crippen LogP contribution in [0, 0.1) is 13.8 Å². The summed E-state index contributed by atoms with van der Waals surface area (Å²) in [5.41, 5.74) is 1.20. The molecule has 4 rings (SSSR count). The number of ketones is 1. The number of thiazole rings is 1. The van der Waals surface area contributed by atoms with E-state index in [9.17, 15) is 14.7 Å². The van der Waals surface area contributed by atoms with Gasteiger partial charge < -0.3 is 24.2 Å². The number of para-hydroxylation sites is 1. The van der Waals surface area contributed by atoms with Crippen molar-refractivity contribution >= 4 is 23.0 Å². The van der Waals surface area contributed by atoms with Crippen LogP contribution >= 0.6 is 11.3 Å². The minimum Gasteiger partial charge on any atom is -0.503 e. The number of hydrogen-bond donors (Lipinski definition) is 1. The number of carbonyl (C=O) groups is 2. The average molecular weight is 502 g/mol. The van der Waals surface area contributed by atoms with Crippen LogP contribution in [0.2, 0.25) is 0 Å². The summed E-state index contributed by atoms with van der Waals surface area (Å²) in [6, 6.07) is 4.52. The van der Waals surface area contributed by atoms with Gasteiger partial charge in [-0.15, -0.1) is 11.3 Å². The van der Waals surface area contributed by atoms with Crippen LogP contribution in [-0.4, -0.2) is 85.2 Å². The third-order valence-electron chi connectivity index (χ3n) is 6.36. The summed E-state index contributed by atoms with van der Waals surface area (Å²) in [7, 11) is 3.05. The first-order chi connectivity index (χ1) is 16.9. The first-order valence-electron chi connectivity index (χ1n) is 11.6. The molecule has 10 heteroatoms. The van der Waals surface area contributed by atoms with Gasteiger partial charge in [0.2, 0.25) is 5.78 Å². The van der Waals surface area contributed by atoms with E-state index in [1.165, 1.54) is 25.6 Å². The molecule has 2 aromatic rings. The first-order valence-corrected chi connectivity index (χ1v) is 12.4. The van der Waals surface area contributed by atoms with Crippen molar-refractivity contribution in [1.29, 1.82) is 0 Å². The van der Waals surface area contributed by atoms with Crippen molar-refractivity contribution in [3.63, 3.8) is 0 Å². The van der Waals surface area contributed by atoms with Gasteiger partial charge in [-0.1, -0.05) is 12.1 Å². The molecule has 1 saturated heterocycles. The molecule has 188 valence electrons. The Morgan fingerprint density at radius 3 is 2.57 bits per heavy atom. The fraction of sp³-hybridized carbons (Fsp3) is 0.480. The van der Waals surface area contributed by atoms with Gasteiger partial charge in [0.1, 0.15) is 0 Å². The molecule has 0 bridgehead atoms. The minimum absolute atomic E-state index is 0.0414. The highest BCUT2D eigenvalue weighted by molar-refractivity contribution is 7.14. The number of benzene rings is 1. The molecule has 35 heavy (non-hydrogen) atoms. The topological polar surface area (TPSA) is 101 Å². The molecule has 1 N–H and O–H groups in total. The summed E-state index contributed by atoms with van der Waals surface area (Å²) >= 11 is 1.26. The largest absolute Gasteiger partial charge is 0.503 e. The molecule has 1 amide bonds. The molecule has 2 aliphatic rings. The molecule has 3 heterocycles. The number of nitrogens with zero attached hydrogens (tertiary/aromatic N) is 3. The van der Waals surface area contributed by atoms with Gasteiger partial charge in [0.15, 0.2) is 17.3 Å². The quantitative estimate of drug-likeness (QED) is 0.523. The molecule has 0 saturated carbocycles. The van der Waals surface area contributed by atoms with E-state index in [-0.39, 0.29) is 5.57 Å². The third kappa shape index (κ3) is 4.91. The van der Waals surface area contributed by atoms with Gasteiger partial charge in [-0.2, -0.15) is 0 Å². The SMILES string of the molecule is COc1cccc([C@H]2C(C(=O)c3sc(C)nc3C)=C(O)C(=O)N2CCCN2CCOCC2)c1OC. The van der Waals surface area contributed by atoms with Crippen LogP contribution in [0.1, 0.15) is 38.4 Å². The number of rotatable bonds is 9. The summed E-state index contributed by atoms with van der Waals surface area (Å²) in [4.78, 5) is 35.7. The molecule has 9 nitrogen and oxygen atoms in total. The Balaban J connectivity index is 1.72. The van der Waals surface area contributed by atoms with Crippen LogP contribution in [0.5, 0.6) is 11.5 Å². The van der Waals surface area contributed by atoms with Gasteiger partial charge in [0.25, 0.3) is 5.91 Å². The molecule has 0 aliphatic carbocycles. The lowest BCUT2D eigenvalue weighted by molar-refractivity contribution is -0.129. The van der Waals surface area contributed by atoms with Crippen molar-refractivity contribution in [2.75, 3.05) is 53.6 Å². The van der Waals surface area contributed by atoms with E-state index in [0.717, 1.165) is 24.6 Å². The van der Waals surface area contributed by atoms with Crippen molar-refractivity contribution in [2.45, 2.75) is 26.3 Å². The lowest BCUT2D eigenvalue weighted by Crippen LogP contribution is -2.39. The lowest BCUT2D eigenvalue weighted by Gasteiger charge is -2.30. The Hall–Kier alpha value is -2.95. The van der Waals surface area contributed by atoms with Crippen LogP contribution in [0.3, 0.4) is 0 Å². The molecular formula is C25H31N3O6S.